The highest BCUT2D eigenvalue weighted by Crippen LogP contribution is 2.36. The molecule has 0 amide bonds. The average molecular weight is 315 g/mol. The van der Waals surface area contributed by atoms with Crippen molar-refractivity contribution in [1.82, 2.24) is 0 Å². The third-order valence-corrected chi connectivity index (χ3v) is 6.15. The second kappa shape index (κ2) is 10.2. The van der Waals surface area contributed by atoms with Gasteiger partial charge in [-0.05, 0) is 42.5 Å². The van der Waals surface area contributed by atoms with Crippen molar-refractivity contribution in [1.29, 1.82) is 0 Å². The Bertz CT molecular complexity index is 543. The molecule has 1 heteroatoms. The van der Waals surface area contributed by atoms with Crippen LogP contribution < -0.4 is 10.4 Å². The van der Waals surface area contributed by atoms with Crippen LogP contribution in [0.2, 0.25) is 0 Å². The maximum absolute atomic E-state index is 2.42. The molecule has 2 rings (SSSR count). The molecule has 0 bridgehead atoms. The van der Waals surface area contributed by atoms with Gasteiger partial charge in [0.15, 0.2) is 0 Å². The van der Waals surface area contributed by atoms with Crippen molar-refractivity contribution in [3.63, 3.8) is 0 Å². The van der Waals surface area contributed by atoms with E-state index in [9.17, 15) is 0 Å². The molecule has 0 saturated heterocycles. The SMILES string of the molecule is CCCCCCCCCCCC(C)C1=c2ccccc2=C[P]1. The van der Waals surface area contributed by atoms with Gasteiger partial charge >= 0.3 is 0 Å². The first-order valence-corrected chi connectivity index (χ1v) is 10.3. The van der Waals surface area contributed by atoms with Gasteiger partial charge in [0.1, 0.15) is 0 Å². The number of fused-ring (bicyclic) bond motifs is 1. The smallest absolute Gasteiger partial charge is 0.0137 e. The molecule has 121 valence electrons. The van der Waals surface area contributed by atoms with Crippen molar-refractivity contribution >= 4 is 19.7 Å². The lowest BCUT2D eigenvalue weighted by Gasteiger charge is -2.12. The molecule has 1 atom stereocenters. The van der Waals surface area contributed by atoms with E-state index < -0.39 is 0 Å². The maximum atomic E-state index is 2.42. The summed E-state index contributed by atoms with van der Waals surface area (Å²) in [7, 11) is 1.44. The van der Waals surface area contributed by atoms with Crippen LogP contribution in [0.25, 0.3) is 11.1 Å². The van der Waals surface area contributed by atoms with Crippen molar-refractivity contribution in [3.8, 4) is 0 Å². The zero-order valence-electron chi connectivity index (χ0n) is 14.5. The number of benzene rings is 1. The molecule has 0 aliphatic carbocycles. The molecule has 22 heavy (non-hydrogen) atoms. The summed E-state index contributed by atoms with van der Waals surface area (Å²) < 4.78 is 0. The highest BCUT2D eigenvalue weighted by atomic mass is 31.1. The summed E-state index contributed by atoms with van der Waals surface area (Å²) in [6.07, 6.45) is 14.2. The molecule has 1 radical (unpaired) electrons. The Labute approximate surface area is 138 Å². The monoisotopic (exact) mass is 315 g/mol. The van der Waals surface area contributed by atoms with Crippen LogP contribution in [0.5, 0.6) is 0 Å². The summed E-state index contributed by atoms with van der Waals surface area (Å²) in [5.41, 5.74) is 0. The number of rotatable bonds is 11. The summed E-state index contributed by atoms with van der Waals surface area (Å²) >= 11 is 0. The van der Waals surface area contributed by atoms with Gasteiger partial charge in [-0.15, -0.1) is 0 Å². The van der Waals surface area contributed by atoms with E-state index in [1.165, 1.54) is 83.2 Å². The van der Waals surface area contributed by atoms with Crippen molar-refractivity contribution in [2.45, 2.75) is 78.1 Å². The fourth-order valence-electron chi connectivity index (χ4n) is 3.34. The fraction of sp³-hybridized carbons (Fsp3) is 0.619. The molecule has 0 fully saturated rings. The van der Waals surface area contributed by atoms with E-state index in [0.717, 1.165) is 5.92 Å². The van der Waals surface area contributed by atoms with Crippen LogP contribution in [0.4, 0.5) is 0 Å². The molecule has 1 unspecified atom stereocenters. The van der Waals surface area contributed by atoms with Crippen molar-refractivity contribution in [2.75, 3.05) is 0 Å². The molecular weight excluding hydrogens is 283 g/mol. The molecular formula is C21H32P. The molecule has 1 heterocycles. The van der Waals surface area contributed by atoms with Gasteiger partial charge in [-0.3, -0.25) is 0 Å². The van der Waals surface area contributed by atoms with E-state index in [2.05, 4.69) is 43.9 Å². The highest BCUT2D eigenvalue weighted by molar-refractivity contribution is 7.58. The minimum atomic E-state index is 0.742. The molecule has 1 aliphatic rings. The minimum Gasteiger partial charge on any atom is -0.0654 e. The average Bonchev–Trinajstić information content (AvgIpc) is 2.97. The molecule has 1 aromatic rings. The Morgan fingerprint density at radius 3 is 2.23 bits per heavy atom. The van der Waals surface area contributed by atoms with E-state index in [1.807, 2.05) is 0 Å². The van der Waals surface area contributed by atoms with Gasteiger partial charge in [0.05, 0.1) is 0 Å². The van der Waals surface area contributed by atoms with Crippen molar-refractivity contribution in [2.24, 2.45) is 5.92 Å². The highest BCUT2D eigenvalue weighted by Gasteiger charge is 2.13. The lowest BCUT2D eigenvalue weighted by atomic mass is 9.99. The molecule has 0 saturated carbocycles. The first kappa shape index (κ1) is 17.7. The Morgan fingerprint density at radius 1 is 0.864 bits per heavy atom. The van der Waals surface area contributed by atoms with Gasteiger partial charge in [-0.1, -0.05) is 95.9 Å². The van der Waals surface area contributed by atoms with Gasteiger partial charge in [-0.2, -0.15) is 0 Å². The lowest BCUT2D eigenvalue weighted by molar-refractivity contribution is 0.535. The van der Waals surface area contributed by atoms with E-state index in [4.69, 9.17) is 0 Å². The molecule has 0 N–H and O–H groups in total. The quantitative estimate of drug-likeness (QED) is 0.344. The van der Waals surface area contributed by atoms with E-state index in [0.29, 0.717) is 0 Å². The summed E-state index contributed by atoms with van der Waals surface area (Å²) in [6, 6.07) is 8.88. The first-order chi connectivity index (χ1) is 10.8. The molecule has 1 aliphatic heterocycles. The first-order valence-electron chi connectivity index (χ1n) is 9.33. The third-order valence-electron chi connectivity index (χ3n) is 4.79. The van der Waals surface area contributed by atoms with Crippen molar-refractivity contribution < 1.29 is 0 Å². The summed E-state index contributed by atoms with van der Waals surface area (Å²) in [5, 5.41) is 4.60. The zero-order chi connectivity index (χ0) is 15.6. The van der Waals surface area contributed by atoms with Gasteiger partial charge in [0, 0.05) is 0 Å². The zero-order valence-corrected chi connectivity index (χ0v) is 15.4. The van der Waals surface area contributed by atoms with Gasteiger partial charge in [0.2, 0.25) is 0 Å². The number of unbranched alkanes of at least 4 members (excludes halogenated alkanes) is 8. The minimum absolute atomic E-state index is 0.742. The predicted octanol–water partition coefficient (Wildman–Crippen LogP) is 6.05. The van der Waals surface area contributed by atoms with Crippen LogP contribution in [0, 0.1) is 5.92 Å². The predicted molar refractivity (Wildman–Crippen MR) is 101 cm³/mol. The maximum Gasteiger partial charge on any atom is -0.0137 e. The third kappa shape index (κ3) is 5.54. The number of hydrogen-bond acceptors (Lipinski definition) is 0. The largest absolute Gasteiger partial charge is 0.0654 e. The van der Waals surface area contributed by atoms with Gasteiger partial charge in [-0.25, -0.2) is 0 Å². The van der Waals surface area contributed by atoms with Gasteiger partial charge in [0.25, 0.3) is 0 Å². The standard InChI is InChI=1S/C21H32P/c1-3-4-5-6-7-8-9-10-11-14-18(2)21-20-16-13-12-15-19(20)17-22-21/h12-13,15-18H,3-11,14H2,1-2H3. The normalized spacial score (nSPS) is 15.8. The Hall–Kier alpha value is -0.610. The summed E-state index contributed by atoms with van der Waals surface area (Å²) in [4.78, 5) is 0. The topological polar surface area (TPSA) is 0 Å². The summed E-state index contributed by atoms with van der Waals surface area (Å²) in [5.74, 6) is 3.11. The summed E-state index contributed by atoms with van der Waals surface area (Å²) in [6.45, 7) is 4.71. The second-order valence-electron chi connectivity index (χ2n) is 6.75. The van der Waals surface area contributed by atoms with E-state index in [1.54, 1.807) is 5.31 Å². The molecule has 0 spiro atoms. The van der Waals surface area contributed by atoms with Crippen LogP contribution in [0.15, 0.2) is 24.3 Å². The van der Waals surface area contributed by atoms with Crippen LogP contribution in [0.3, 0.4) is 0 Å². The van der Waals surface area contributed by atoms with Crippen molar-refractivity contribution in [3.05, 3.63) is 34.7 Å². The fourth-order valence-corrected chi connectivity index (χ4v) is 4.57. The Balaban J connectivity index is 1.62. The van der Waals surface area contributed by atoms with E-state index in [-0.39, 0.29) is 0 Å². The van der Waals surface area contributed by atoms with Crippen LogP contribution in [-0.2, 0) is 0 Å². The molecule has 0 aromatic heterocycles. The van der Waals surface area contributed by atoms with Crippen LogP contribution in [0.1, 0.15) is 78.1 Å². The Kier molecular flexibility index (Phi) is 8.24. The Morgan fingerprint density at radius 2 is 1.50 bits per heavy atom. The van der Waals surface area contributed by atoms with E-state index >= 15 is 0 Å². The molecule has 0 nitrogen and oxygen atoms in total. The second-order valence-corrected chi connectivity index (χ2v) is 7.75. The van der Waals surface area contributed by atoms with Gasteiger partial charge < -0.3 is 0 Å². The lowest BCUT2D eigenvalue weighted by Crippen LogP contribution is -2.23. The van der Waals surface area contributed by atoms with Crippen LogP contribution in [-0.4, -0.2) is 0 Å². The number of hydrogen-bond donors (Lipinski definition) is 0. The van der Waals surface area contributed by atoms with Crippen LogP contribution >= 0.6 is 8.58 Å². The molecule has 1 aromatic carbocycles.